The van der Waals surface area contributed by atoms with Crippen molar-refractivity contribution in [2.75, 3.05) is 20.6 Å². The summed E-state index contributed by atoms with van der Waals surface area (Å²) in [6.45, 7) is 0.444. The van der Waals surface area contributed by atoms with E-state index in [1.54, 1.807) is 30.3 Å². The van der Waals surface area contributed by atoms with Crippen molar-refractivity contribution >= 4 is 28.6 Å². The zero-order valence-corrected chi connectivity index (χ0v) is 16.9. The van der Waals surface area contributed by atoms with Crippen molar-refractivity contribution in [2.24, 2.45) is 5.10 Å². The lowest BCUT2D eigenvalue weighted by Gasteiger charge is -2.21. The zero-order chi connectivity index (χ0) is 20.3. The molecule has 0 spiro atoms. The van der Waals surface area contributed by atoms with Crippen LogP contribution in [-0.4, -0.2) is 44.4 Å². The van der Waals surface area contributed by atoms with Gasteiger partial charge in [0.2, 0.25) is 0 Å². The van der Waals surface area contributed by atoms with E-state index >= 15 is 0 Å². The predicted octanol–water partition coefficient (Wildman–Crippen LogP) is 3.37. The molecule has 0 aromatic heterocycles. The standard InChI is InChI=1S/C19H20ClFN4O2S/c1-22-18(12-24(2)28(26)27)25-11-17(14-4-3-5-16(21)10-14)19(23-25)13-6-8-15(20)9-7-13/h3-10,12,17,22H,11H2,1-2H3,(H,26,27). The van der Waals surface area contributed by atoms with Crippen molar-refractivity contribution in [3.63, 3.8) is 0 Å². The maximum Gasteiger partial charge on any atom is 0.261 e. The Morgan fingerprint density at radius 1 is 1.39 bits per heavy atom. The van der Waals surface area contributed by atoms with Crippen molar-refractivity contribution in [3.8, 4) is 0 Å². The molecule has 2 unspecified atom stereocenters. The lowest BCUT2D eigenvalue weighted by molar-refractivity contribution is 0.358. The Morgan fingerprint density at radius 3 is 2.71 bits per heavy atom. The molecular weight excluding hydrogens is 403 g/mol. The van der Waals surface area contributed by atoms with Gasteiger partial charge >= 0.3 is 0 Å². The van der Waals surface area contributed by atoms with Crippen molar-refractivity contribution < 1.29 is 13.2 Å². The Bertz CT molecular complexity index is 936. The van der Waals surface area contributed by atoms with Crippen LogP contribution in [0.2, 0.25) is 5.02 Å². The van der Waals surface area contributed by atoms with Gasteiger partial charge in [0, 0.05) is 25.0 Å². The van der Waals surface area contributed by atoms with Crippen molar-refractivity contribution in [2.45, 2.75) is 5.92 Å². The molecule has 9 heteroatoms. The van der Waals surface area contributed by atoms with Crippen LogP contribution < -0.4 is 5.32 Å². The number of benzene rings is 2. The summed E-state index contributed by atoms with van der Waals surface area (Å²) >= 11 is 3.85. The highest BCUT2D eigenvalue weighted by molar-refractivity contribution is 7.76. The Balaban J connectivity index is 2.02. The molecule has 0 saturated heterocycles. The summed E-state index contributed by atoms with van der Waals surface area (Å²) < 4.78 is 35.5. The van der Waals surface area contributed by atoms with Gasteiger partial charge in [-0.2, -0.15) is 5.10 Å². The summed E-state index contributed by atoms with van der Waals surface area (Å²) in [6.07, 6.45) is 1.49. The summed E-state index contributed by atoms with van der Waals surface area (Å²) in [5.74, 6) is 0.0417. The third kappa shape index (κ3) is 4.52. The minimum atomic E-state index is -2.15. The summed E-state index contributed by atoms with van der Waals surface area (Å²) in [5, 5.41) is 10.0. The normalized spacial score (nSPS) is 18.0. The maximum atomic E-state index is 13.8. The second kappa shape index (κ2) is 8.72. The highest BCUT2D eigenvalue weighted by atomic mass is 35.5. The van der Waals surface area contributed by atoms with Gasteiger partial charge in [-0.05, 0) is 35.4 Å². The van der Waals surface area contributed by atoms with E-state index < -0.39 is 11.3 Å². The van der Waals surface area contributed by atoms with Crippen LogP contribution in [0.5, 0.6) is 0 Å². The van der Waals surface area contributed by atoms with E-state index in [0.29, 0.717) is 17.4 Å². The van der Waals surface area contributed by atoms with E-state index in [1.165, 1.54) is 25.4 Å². The Hall–Kier alpha value is -2.42. The fraction of sp³-hybridized carbons (Fsp3) is 0.211. The predicted molar refractivity (Wildman–Crippen MR) is 110 cm³/mol. The maximum absolute atomic E-state index is 13.8. The van der Waals surface area contributed by atoms with Crippen LogP contribution in [0.3, 0.4) is 0 Å². The van der Waals surface area contributed by atoms with Crippen LogP contribution >= 0.6 is 11.6 Å². The van der Waals surface area contributed by atoms with Gasteiger partial charge in [-0.3, -0.25) is 8.86 Å². The molecule has 28 heavy (non-hydrogen) atoms. The van der Waals surface area contributed by atoms with Crippen molar-refractivity contribution in [1.82, 2.24) is 14.6 Å². The fourth-order valence-electron chi connectivity index (χ4n) is 3.00. The topological polar surface area (TPSA) is 68.2 Å². The first-order chi connectivity index (χ1) is 13.4. The second-order valence-electron chi connectivity index (χ2n) is 6.22. The van der Waals surface area contributed by atoms with Crippen molar-refractivity contribution in [3.05, 3.63) is 82.5 Å². The molecule has 1 aliphatic heterocycles. The SMILES string of the molecule is CNC(=CN(C)S(=O)O)N1CC(c2cccc(F)c2)C(c2ccc(Cl)cc2)=N1. The van der Waals surface area contributed by atoms with Gasteiger partial charge in [0.15, 0.2) is 0 Å². The zero-order valence-electron chi connectivity index (χ0n) is 15.3. The van der Waals surface area contributed by atoms with Crippen LogP contribution in [0.15, 0.2) is 65.7 Å². The molecule has 6 nitrogen and oxygen atoms in total. The molecule has 0 saturated carbocycles. The quantitative estimate of drug-likeness (QED) is 0.700. The highest BCUT2D eigenvalue weighted by Crippen LogP contribution is 2.31. The van der Waals surface area contributed by atoms with Gasteiger partial charge < -0.3 is 5.32 Å². The first-order valence-electron chi connectivity index (χ1n) is 8.50. The molecule has 0 radical (unpaired) electrons. The molecule has 1 aliphatic rings. The Kier molecular flexibility index (Phi) is 6.33. The molecule has 1 heterocycles. The largest absolute Gasteiger partial charge is 0.372 e. The first kappa shape index (κ1) is 20.3. The fourth-order valence-corrected chi connectivity index (χ4v) is 3.31. The molecule has 148 valence electrons. The minimum absolute atomic E-state index is 0.182. The molecule has 3 rings (SSSR count). The molecule has 2 aromatic carbocycles. The first-order valence-corrected chi connectivity index (χ1v) is 9.94. The summed E-state index contributed by atoms with van der Waals surface area (Å²) in [7, 11) is 3.18. The summed E-state index contributed by atoms with van der Waals surface area (Å²) in [5.41, 5.74) is 2.43. The Morgan fingerprint density at radius 2 is 2.11 bits per heavy atom. The third-order valence-electron chi connectivity index (χ3n) is 4.39. The smallest absolute Gasteiger partial charge is 0.261 e. The van der Waals surface area contributed by atoms with Gasteiger partial charge in [0.05, 0.1) is 18.5 Å². The molecule has 0 amide bonds. The molecule has 0 bridgehead atoms. The second-order valence-corrected chi connectivity index (χ2v) is 7.70. The van der Waals surface area contributed by atoms with Crippen molar-refractivity contribution in [1.29, 1.82) is 0 Å². The monoisotopic (exact) mass is 422 g/mol. The molecular formula is C19H20ClFN4O2S. The van der Waals surface area contributed by atoms with Gasteiger partial charge in [-0.25, -0.2) is 13.6 Å². The number of hydrogen-bond acceptors (Lipinski definition) is 4. The van der Waals surface area contributed by atoms with Crippen LogP contribution in [0.1, 0.15) is 17.0 Å². The van der Waals surface area contributed by atoms with E-state index in [-0.39, 0.29) is 11.7 Å². The van der Waals surface area contributed by atoms with Gasteiger partial charge in [0.1, 0.15) is 11.6 Å². The average molecular weight is 423 g/mol. The number of halogens is 2. The Labute approximate surface area is 170 Å². The summed E-state index contributed by atoms with van der Waals surface area (Å²) in [4.78, 5) is 0. The molecule has 0 aliphatic carbocycles. The number of hydrogen-bond donors (Lipinski definition) is 2. The number of hydrazone groups is 1. The van der Waals surface area contributed by atoms with Crippen LogP contribution in [-0.2, 0) is 11.3 Å². The third-order valence-corrected chi connectivity index (χ3v) is 5.24. The molecule has 2 atom stereocenters. The van der Waals surface area contributed by atoms with Gasteiger partial charge in [-0.15, -0.1) is 0 Å². The van der Waals surface area contributed by atoms with Crippen LogP contribution in [0, 0.1) is 5.82 Å². The van der Waals surface area contributed by atoms with Gasteiger partial charge in [-0.1, -0.05) is 35.9 Å². The van der Waals surface area contributed by atoms with E-state index in [9.17, 15) is 13.2 Å². The number of rotatable bonds is 6. The molecule has 0 fully saturated rings. The number of nitrogens with zero attached hydrogens (tertiary/aromatic N) is 3. The summed E-state index contributed by atoms with van der Waals surface area (Å²) in [6, 6.07) is 13.7. The molecule has 2 aromatic rings. The molecule has 2 N–H and O–H groups in total. The van der Waals surface area contributed by atoms with Crippen LogP contribution in [0.25, 0.3) is 0 Å². The van der Waals surface area contributed by atoms with E-state index in [2.05, 4.69) is 5.32 Å². The lowest BCUT2D eigenvalue weighted by Crippen LogP contribution is -2.28. The average Bonchev–Trinajstić information content (AvgIpc) is 3.11. The number of nitrogens with one attached hydrogen (secondary N) is 1. The van der Waals surface area contributed by atoms with E-state index in [4.69, 9.17) is 16.7 Å². The van der Waals surface area contributed by atoms with E-state index in [1.807, 2.05) is 18.2 Å². The van der Waals surface area contributed by atoms with Crippen LogP contribution in [0.4, 0.5) is 4.39 Å². The lowest BCUT2D eigenvalue weighted by atomic mass is 9.90. The highest BCUT2D eigenvalue weighted by Gasteiger charge is 2.31. The minimum Gasteiger partial charge on any atom is -0.372 e. The van der Waals surface area contributed by atoms with Gasteiger partial charge in [0.25, 0.3) is 11.3 Å². The van der Waals surface area contributed by atoms with E-state index in [0.717, 1.165) is 21.1 Å².